The van der Waals surface area contributed by atoms with E-state index in [4.69, 9.17) is 14.2 Å². The minimum absolute atomic E-state index is 0.0229. The summed E-state index contributed by atoms with van der Waals surface area (Å²) >= 11 is 0. The number of aliphatic hydroxyl groups is 1. The van der Waals surface area contributed by atoms with Gasteiger partial charge in [-0.05, 0) is 55.5 Å². The van der Waals surface area contributed by atoms with Crippen molar-refractivity contribution in [3.8, 4) is 5.75 Å². The Morgan fingerprint density at radius 3 is 2.42 bits per heavy atom. The minimum Gasteiger partial charge on any atom is -0.497 e. The average Bonchev–Trinajstić information content (AvgIpc) is 3.44. The predicted octanol–water partition coefficient (Wildman–Crippen LogP) is 3.18. The summed E-state index contributed by atoms with van der Waals surface area (Å²) in [5.74, 6) is 0.380. The van der Waals surface area contributed by atoms with Gasteiger partial charge in [-0.15, -0.1) is 0 Å². The third kappa shape index (κ3) is 9.58. The molecule has 0 aliphatic carbocycles. The van der Waals surface area contributed by atoms with Crippen molar-refractivity contribution in [3.05, 3.63) is 60.2 Å². The van der Waals surface area contributed by atoms with Gasteiger partial charge in [-0.3, -0.25) is 0 Å². The number of hydrogen-bond acceptors (Lipinski definition) is 8. The summed E-state index contributed by atoms with van der Waals surface area (Å²) in [7, 11) is -2.54. The number of alkyl carbamates (subject to hydrolysis) is 1. The Balaban J connectivity index is 1.84. The zero-order valence-corrected chi connectivity index (χ0v) is 24.1. The van der Waals surface area contributed by atoms with Crippen LogP contribution in [0.1, 0.15) is 38.7 Å². The van der Waals surface area contributed by atoms with Gasteiger partial charge in [0, 0.05) is 25.9 Å². The van der Waals surface area contributed by atoms with Crippen LogP contribution in [0.3, 0.4) is 0 Å². The molecule has 10 nitrogen and oxygen atoms in total. The van der Waals surface area contributed by atoms with Gasteiger partial charge in [-0.25, -0.2) is 13.2 Å². The van der Waals surface area contributed by atoms with Gasteiger partial charge in [0.2, 0.25) is 10.0 Å². The number of nitrogens with zero attached hydrogens (tertiary/aromatic N) is 1. The van der Waals surface area contributed by atoms with Crippen LogP contribution in [0, 0.1) is 5.92 Å². The largest absolute Gasteiger partial charge is 0.497 e. The first-order chi connectivity index (χ1) is 19.1. The number of methoxy groups -OCH3 is 1. The van der Waals surface area contributed by atoms with Crippen LogP contribution in [0.5, 0.6) is 5.75 Å². The second-order valence-electron chi connectivity index (χ2n) is 10.2. The van der Waals surface area contributed by atoms with Crippen molar-refractivity contribution in [1.29, 1.82) is 0 Å². The summed E-state index contributed by atoms with van der Waals surface area (Å²) in [5, 5.41) is 14.1. The molecule has 1 aliphatic rings. The molecule has 220 valence electrons. The maximum absolute atomic E-state index is 13.8. The predicted molar refractivity (Wildman–Crippen MR) is 150 cm³/mol. The Bertz CT molecular complexity index is 1180. The highest BCUT2D eigenvalue weighted by atomic mass is 32.2. The molecule has 2 N–H and O–H groups in total. The van der Waals surface area contributed by atoms with Gasteiger partial charge in [0.15, 0.2) is 0 Å². The smallest absolute Gasteiger partial charge is 0.407 e. The highest BCUT2D eigenvalue weighted by Gasteiger charge is 2.32. The van der Waals surface area contributed by atoms with E-state index in [0.29, 0.717) is 38.2 Å². The van der Waals surface area contributed by atoms with Crippen molar-refractivity contribution in [3.63, 3.8) is 0 Å². The Hall–Kier alpha value is -2.99. The number of amides is 1. The molecule has 0 radical (unpaired) electrons. The van der Waals surface area contributed by atoms with Gasteiger partial charge in [-0.2, -0.15) is 4.31 Å². The lowest BCUT2D eigenvalue weighted by Crippen LogP contribution is -2.51. The first-order valence-corrected chi connectivity index (χ1v) is 14.9. The lowest BCUT2D eigenvalue weighted by atomic mass is 10.0. The molecule has 0 bridgehead atoms. The van der Waals surface area contributed by atoms with Crippen molar-refractivity contribution >= 4 is 21.9 Å². The van der Waals surface area contributed by atoms with Crippen molar-refractivity contribution < 1.29 is 37.3 Å². The Labute approximate surface area is 236 Å². The SMILES string of the molecule is COc1ccc(S(=O)(=O)N(CC(C)CCC(C)=O)C[C@H](O)[C@H](Cc2ccccc2)NC(=O)O[C@H]2CCOC2)cc1. The van der Waals surface area contributed by atoms with E-state index in [-0.39, 0.29) is 42.2 Å². The molecule has 0 saturated carbocycles. The van der Waals surface area contributed by atoms with Crippen LogP contribution < -0.4 is 10.1 Å². The normalized spacial score (nSPS) is 17.7. The highest BCUT2D eigenvalue weighted by molar-refractivity contribution is 7.89. The van der Waals surface area contributed by atoms with Crippen LogP contribution in [0.2, 0.25) is 0 Å². The summed E-state index contributed by atoms with van der Waals surface area (Å²) < 4.78 is 44.6. The molecule has 40 heavy (non-hydrogen) atoms. The third-order valence-corrected chi connectivity index (χ3v) is 8.67. The summed E-state index contributed by atoms with van der Waals surface area (Å²) in [5.41, 5.74) is 0.857. The Morgan fingerprint density at radius 1 is 1.12 bits per heavy atom. The van der Waals surface area contributed by atoms with E-state index < -0.39 is 28.3 Å². The number of sulfonamides is 1. The summed E-state index contributed by atoms with van der Waals surface area (Å²) in [6.45, 7) is 3.99. The zero-order chi connectivity index (χ0) is 29.1. The number of rotatable bonds is 15. The number of nitrogens with one attached hydrogen (secondary N) is 1. The summed E-state index contributed by atoms with van der Waals surface area (Å²) in [6, 6.07) is 14.5. The lowest BCUT2D eigenvalue weighted by molar-refractivity contribution is -0.117. The highest BCUT2D eigenvalue weighted by Crippen LogP contribution is 2.23. The maximum Gasteiger partial charge on any atom is 0.407 e. The molecular weight excluding hydrogens is 536 g/mol. The molecule has 4 atom stereocenters. The molecule has 1 saturated heterocycles. The van der Waals surface area contributed by atoms with Gasteiger partial charge in [0.05, 0.1) is 37.4 Å². The van der Waals surface area contributed by atoms with Crippen LogP contribution in [0.15, 0.2) is 59.5 Å². The Morgan fingerprint density at radius 2 is 1.82 bits per heavy atom. The number of benzene rings is 2. The quantitative estimate of drug-likeness (QED) is 0.331. The summed E-state index contributed by atoms with van der Waals surface area (Å²) in [6.07, 6.45) is -0.657. The molecule has 0 spiro atoms. The number of ketones is 1. The van der Waals surface area contributed by atoms with Gasteiger partial charge in [-0.1, -0.05) is 37.3 Å². The van der Waals surface area contributed by atoms with Crippen molar-refractivity contribution in [2.75, 3.05) is 33.4 Å². The number of hydrogen-bond donors (Lipinski definition) is 2. The molecule has 1 amide bonds. The number of aliphatic hydroxyl groups excluding tert-OH is 1. The topological polar surface area (TPSA) is 131 Å². The first-order valence-electron chi connectivity index (χ1n) is 13.5. The lowest BCUT2D eigenvalue weighted by Gasteiger charge is -2.31. The molecule has 3 rings (SSSR count). The van der Waals surface area contributed by atoms with E-state index in [9.17, 15) is 23.1 Å². The van der Waals surface area contributed by atoms with E-state index in [1.165, 1.54) is 30.5 Å². The molecular formula is C29H40N2O8S. The second kappa shape index (κ2) is 15.1. The molecule has 2 aromatic carbocycles. The average molecular weight is 577 g/mol. The third-order valence-electron chi connectivity index (χ3n) is 6.82. The molecule has 1 aliphatic heterocycles. The second-order valence-corrected chi connectivity index (χ2v) is 12.2. The number of carbonyl (C=O) groups is 2. The molecule has 1 heterocycles. The molecule has 2 aromatic rings. The van der Waals surface area contributed by atoms with E-state index in [1.54, 1.807) is 12.1 Å². The van der Waals surface area contributed by atoms with Crippen LogP contribution >= 0.6 is 0 Å². The van der Waals surface area contributed by atoms with E-state index >= 15 is 0 Å². The minimum atomic E-state index is -4.04. The maximum atomic E-state index is 13.8. The summed E-state index contributed by atoms with van der Waals surface area (Å²) in [4.78, 5) is 24.3. The Kier molecular flexibility index (Phi) is 11.9. The standard InChI is InChI=1S/C29H40N2O8S/c1-21(9-10-22(2)32)18-31(40(35,36)26-13-11-24(37-3)12-14-26)19-28(33)27(17-23-7-5-4-6-8-23)30-29(34)39-25-15-16-38-20-25/h4-8,11-14,21,25,27-28,33H,9-10,15-20H2,1-3H3,(H,30,34)/t21?,25-,27-,28-/m0/s1. The number of ether oxygens (including phenoxy) is 3. The fourth-order valence-electron chi connectivity index (χ4n) is 4.49. The fourth-order valence-corrected chi connectivity index (χ4v) is 6.06. The monoisotopic (exact) mass is 576 g/mol. The molecule has 1 fully saturated rings. The van der Waals surface area contributed by atoms with Crippen LogP contribution in [-0.4, -0.2) is 81.4 Å². The van der Waals surface area contributed by atoms with Gasteiger partial charge >= 0.3 is 6.09 Å². The first kappa shape index (κ1) is 31.5. The van der Waals surface area contributed by atoms with E-state index in [0.717, 1.165) is 5.56 Å². The van der Waals surface area contributed by atoms with Crippen LogP contribution in [-0.2, 0) is 30.7 Å². The zero-order valence-electron chi connectivity index (χ0n) is 23.3. The fraction of sp³-hybridized carbons (Fsp3) is 0.517. The molecule has 11 heteroatoms. The number of Topliss-reactive ketones (excluding diaryl/α,β-unsaturated/α-hetero) is 1. The molecule has 1 unspecified atom stereocenters. The van der Waals surface area contributed by atoms with E-state index in [2.05, 4.69) is 5.32 Å². The van der Waals surface area contributed by atoms with Crippen LogP contribution in [0.25, 0.3) is 0 Å². The van der Waals surface area contributed by atoms with E-state index in [1.807, 2.05) is 37.3 Å². The van der Waals surface area contributed by atoms with Gasteiger partial charge in [0.1, 0.15) is 17.6 Å². The van der Waals surface area contributed by atoms with Gasteiger partial charge < -0.3 is 29.4 Å². The van der Waals surface area contributed by atoms with Crippen molar-refractivity contribution in [2.24, 2.45) is 5.92 Å². The molecule has 0 aromatic heterocycles. The van der Waals surface area contributed by atoms with Crippen LogP contribution in [0.4, 0.5) is 4.79 Å². The van der Waals surface area contributed by atoms with Gasteiger partial charge in [0.25, 0.3) is 0 Å². The van der Waals surface area contributed by atoms with Crippen molar-refractivity contribution in [2.45, 2.75) is 62.7 Å². The van der Waals surface area contributed by atoms with Crippen molar-refractivity contribution in [1.82, 2.24) is 9.62 Å². The number of carbonyl (C=O) groups excluding carboxylic acids is 2.